The van der Waals surface area contributed by atoms with Crippen molar-refractivity contribution in [3.05, 3.63) is 84.5 Å². The molecule has 1 aromatic heterocycles. The van der Waals surface area contributed by atoms with E-state index in [-0.39, 0.29) is 16.9 Å². The molecule has 1 aliphatic rings. The standard InChI is InChI=1S/C27H26F2N2O6S/c1-14(2)36-25(33)22-15(3)30-27-31(23(22)19-13-18(34-4)10-11-20(19)35-5)24(32)21(38-27)12-16-6-8-17(9-7-16)37-26(28)29/h6-14,23,26H,1-5H3/b21-12-/t23-/m1/s1. The molecule has 0 amide bonds. The average molecular weight is 545 g/mol. The van der Waals surface area contributed by atoms with Gasteiger partial charge in [-0.2, -0.15) is 8.78 Å². The van der Waals surface area contributed by atoms with Gasteiger partial charge in [-0.1, -0.05) is 23.5 Å². The number of ether oxygens (including phenoxy) is 4. The van der Waals surface area contributed by atoms with Crippen LogP contribution in [0.5, 0.6) is 17.2 Å². The number of carbonyl (C=O) groups is 1. The third-order valence-corrected chi connectivity index (χ3v) is 6.70. The summed E-state index contributed by atoms with van der Waals surface area (Å²) in [6, 6.07) is 10.1. The van der Waals surface area contributed by atoms with E-state index in [1.165, 1.54) is 30.9 Å². The lowest BCUT2D eigenvalue weighted by atomic mass is 9.94. The maximum atomic E-state index is 13.8. The number of esters is 1. The van der Waals surface area contributed by atoms with Crippen LogP contribution in [0, 0.1) is 0 Å². The number of rotatable bonds is 8. The highest BCUT2D eigenvalue weighted by Crippen LogP contribution is 2.38. The average Bonchev–Trinajstić information content (AvgIpc) is 3.17. The fourth-order valence-corrected chi connectivity index (χ4v) is 5.15. The monoisotopic (exact) mass is 544 g/mol. The maximum Gasteiger partial charge on any atom is 0.387 e. The van der Waals surface area contributed by atoms with Crippen LogP contribution < -0.4 is 29.1 Å². The molecule has 0 bridgehead atoms. The predicted octanol–water partition coefficient (Wildman–Crippen LogP) is 3.81. The molecule has 4 rings (SSSR count). The molecule has 0 saturated heterocycles. The maximum absolute atomic E-state index is 13.8. The number of fused-ring (bicyclic) bond motifs is 1. The van der Waals surface area contributed by atoms with Gasteiger partial charge in [0.1, 0.15) is 23.3 Å². The Morgan fingerprint density at radius 2 is 1.76 bits per heavy atom. The van der Waals surface area contributed by atoms with Gasteiger partial charge < -0.3 is 18.9 Å². The van der Waals surface area contributed by atoms with E-state index in [2.05, 4.69) is 9.73 Å². The van der Waals surface area contributed by atoms with Gasteiger partial charge in [-0.3, -0.25) is 9.36 Å². The second-order valence-corrected chi connectivity index (χ2v) is 9.60. The number of hydrogen-bond acceptors (Lipinski definition) is 8. The number of allylic oxidation sites excluding steroid dienone is 1. The molecule has 0 saturated carbocycles. The van der Waals surface area contributed by atoms with Crippen molar-refractivity contribution in [2.45, 2.75) is 39.5 Å². The number of nitrogens with zero attached hydrogens (tertiary/aromatic N) is 2. The van der Waals surface area contributed by atoms with Crippen molar-refractivity contribution in [1.82, 2.24) is 4.57 Å². The zero-order valence-corrected chi connectivity index (χ0v) is 22.2. The first kappa shape index (κ1) is 27.1. The zero-order valence-electron chi connectivity index (χ0n) is 21.4. The topological polar surface area (TPSA) is 88.4 Å². The summed E-state index contributed by atoms with van der Waals surface area (Å²) < 4.78 is 47.7. The molecule has 8 nitrogen and oxygen atoms in total. The lowest BCUT2D eigenvalue weighted by Crippen LogP contribution is -2.40. The van der Waals surface area contributed by atoms with Crippen LogP contribution in [0.25, 0.3) is 6.08 Å². The van der Waals surface area contributed by atoms with Crippen molar-refractivity contribution in [3.8, 4) is 17.2 Å². The highest BCUT2D eigenvalue weighted by molar-refractivity contribution is 7.07. The third-order valence-electron chi connectivity index (χ3n) is 5.72. The molecule has 0 spiro atoms. The fourth-order valence-electron chi connectivity index (χ4n) is 4.10. The number of benzene rings is 2. The van der Waals surface area contributed by atoms with Gasteiger partial charge in [0.25, 0.3) is 5.56 Å². The van der Waals surface area contributed by atoms with Crippen molar-refractivity contribution >= 4 is 23.4 Å². The minimum atomic E-state index is -2.93. The van der Waals surface area contributed by atoms with E-state index in [0.29, 0.717) is 37.7 Å². The molecule has 3 aromatic rings. The summed E-state index contributed by atoms with van der Waals surface area (Å²) in [4.78, 5) is 32.0. The van der Waals surface area contributed by atoms with Crippen molar-refractivity contribution in [2.24, 2.45) is 4.99 Å². The number of methoxy groups -OCH3 is 2. The van der Waals surface area contributed by atoms with E-state index in [0.717, 1.165) is 11.3 Å². The Morgan fingerprint density at radius 3 is 2.37 bits per heavy atom. The van der Waals surface area contributed by atoms with Gasteiger partial charge in [-0.05, 0) is 62.7 Å². The van der Waals surface area contributed by atoms with Crippen LogP contribution in [-0.4, -0.2) is 37.5 Å². The van der Waals surface area contributed by atoms with Crippen LogP contribution in [0.3, 0.4) is 0 Å². The number of aromatic nitrogens is 1. The SMILES string of the molecule is COc1ccc(OC)c([C@@H]2C(C(=O)OC(C)C)=C(C)N=c3s/c(=C\c4ccc(OC(F)F)cc4)c(=O)n32)c1. The summed E-state index contributed by atoms with van der Waals surface area (Å²) in [5.41, 5.74) is 1.35. The Kier molecular flexibility index (Phi) is 7.96. The normalized spacial score (nSPS) is 15.4. The quantitative estimate of drug-likeness (QED) is 0.401. The first-order valence-corrected chi connectivity index (χ1v) is 12.4. The summed E-state index contributed by atoms with van der Waals surface area (Å²) in [5.74, 6) is 0.373. The van der Waals surface area contributed by atoms with Gasteiger partial charge in [0.2, 0.25) is 0 Å². The molecular formula is C27H26F2N2O6S. The Morgan fingerprint density at radius 1 is 1.08 bits per heavy atom. The lowest BCUT2D eigenvalue weighted by molar-refractivity contribution is -0.143. The first-order chi connectivity index (χ1) is 18.1. The summed E-state index contributed by atoms with van der Waals surface area (Å²) in [6.07, 6.45) is 1.23. The number of hydrogen-bond donors (Lipinski definition) is 0. The Hall–Kier alpha value is -3.99. The van der Waals surface area contributed by atoms with Crippen LogP contribution in [0.15, 0.2) is 63.5 Å². The summed E-state index contributed by atoms with van der Waals surface area (Å²) >= 11 is 1.14. The molecule has 0 radical (unpaired) electrons. The van der Waals surface area contributed by atoms with Crippen molar-refractivity contribution in [1.29, 1.82) is 0 Å². The van der Waals surface area contributed by atoms with E-state index >= 15 is 0 Å². The molecule has 0 fully saturated rings. The largest absolute Gasteiger partial charge is 0.497 e. The molecule has 2 aromatic carbocycles. The molecule has 0 unspecified atom stereocenters. The van der Waals surface area contributed by atoms with Crippen LogP contribution in [0.4, 0.5) is 8.78 Å². The van der Waals surface area contributed by atoms with E-state index in [1.807, 2.05) is 0 Å². The lowest BCUT2D eigenvalue weighted by Gasteiger charge is -2.26. The van der Waals surface area contributed by atoms with Gasteiger partial charge in [0, 0.05) is 5.56 Å². The summed E-state index contributed by atoms with van der Waals surface area (Å²) in [5, 5.41) is 0. The molecule has 11 heteroatoms. The second kappa shape index (κ2) is 11.2. The second-order valence-electron chi connectivity index (χ2n) is 8.59. The number of carbonyl (C=O) groups excluding carboxylic acids is 1. The molecule has 1 aliphatic heterocycles. The van der Waals surface area contributed by atoms with Gasteiger partial charge >= 0.3 is 12.6 Å². The van der Waals surface area contributed by atoms with E-state index < -0.39 is 24.7 Å². The predicted molar refractivity (Wildman–Crippen MR) is 138 cm³/mol. The van der Waals surface area contributed by atoms with E-state index in [1.54, 1.807) is 57.2 Å². The van der Waals surface area contributed by atoms with E-state index in [9.17, 15) is 18.4 Å². The van der Waals surface area contributed by atoms with Crippen LogP contribution in [0.2, 0.25) is 0 Å². The molecule has 38 heavy (non-hydrogen) atoms. The van der Waals surface area contributed by atoms with Crippen molar-refractivity contribution in [2.75, 3.05) is 14.2 Å². The molecule has 0 aliphatic carbocycles. The Bertz CT molecular complexity index is 1560. The minimum absolute atomic E-state index is 0.00709. The van der Waals surface area contributed by atoms with Crippen molar-refractivity contribution < 1.29 is 32.5 Å². The molecule has 200 valence electrons. The van der Waals surface area contributed by atoms with Crippen LogP contribution in [-0.2, 0) is 9.53 Å². The molecular weight excluding hydrogens is 518 g/mol. The zero-order chi connectivity index (χ0) is 27.6. The Labute approximate surface area is 221 Å². The third kappa shape index (κ3) is 5.47. The van der Waals surface area contributed by atoms with Gasteiger partial charge in [-0.15, -0.1) is 0 Å². The molecule has 2 heterocycles. The van der Waals surface area contributed by atoms with Gasteiger partial charge in [0.15, 0.2) is 4.80 Å². The molecule has 0 N–H and O–H groups in total. The smallest absolute Gasteiger partial charge is 0.387 e. The minimum Gasteiger partial charge on any atom is -0.497 e. The Balaban J connectivity index is 1.92. The van der Waals surface area contributed by atoms with E-state index in [4.69, 9.17) is 14.2 Å². The fraction of sp³-hybridized carbons (Fsp3) is 0.296. The summed E-state index contributed by atoms with van der Waals surface area (Å²) in [6.45, 7) is 2.23. The number of alkyl halides is 2. The number of halogens is 2. The number of thiazole rings is 1. The molecule has 1 atom stereocenters. The highest BCUT2D eigenvalue weighted by atomic mass is 32.1. The van der Waals surface area contributed by atoms with Crippen molar-refractivity contribution in [3.63, 3.8) is 0 Å². The highest BCUT2D eigenvalue weighted by Gasteiger charge is 2.35. The van der Waals surface area contributed by atoms with Crippen LogP contribution in [0.1, 0.15) is 37.9 Å². The van der Waals surface area contributed by atoms with Gasteiger partial charge in [-0.25, -0.2) is 9.79 Å². The summed E-state index contributed by atoms with van der Waals surface area (Å²) in [7, 11) is 3.02. The van der Waals surface area contributed by atoms with Crippen LogP contribution >= 0.6 is 11.3 Å². The first-order valence-electron chi connectivity index (χ1n) is 11.6. The van der Waals surface area contributed by atoms with Gasteiger partial charge in [0.05, 0.1) is 36.1 Å².